The molecule has 0 saturated carbocycles. The largest absolute Gasteiger partial charge is 0.325 e. The van der Waals surface area contributed by atoms with Gasteiger partial charge in [-0.25, -0.2) is 0 Å². The Kier molecular flexibility index (Phi) is 5.63. The summed E-state index contributed by atoms with van der Waals surface area (Å²) in [6, 6.07) is 6.23. The molecule has 0 saturated heterocycles. The van der Waals surface area contributed by atoms with Crippen LogP contribution in [-0.2, 0) is 4.79 Å². The van der Waals surface area contributed by atoms with Gasteiger partial charge in [-0.1, -0.05) is 70.1 Å². The van der Waals surface area contributed by atoms with Gasteiger partial charge in [0.1, 0.15) is 0 Å². The highest BCUT2D eigenvalue weighted by Gasteiger charge is 2.30. The summed E-state index contributed by atoms with van der Waals surface area (Å²) in [7, 11) is 0. The van der Waals surface area contributed by atoms with Gasteiger partial charge in [-0.3, -0.25) is 4.79 Å². The third-order valence-electron chi connectivity index (χ3n) is 4.34. The zero-order valence-corrected chi connectivity index (χ0v) is 12.9. The molecule has 1 unspecified atom stereocenters. The highest BCUT2D eigenvalue weighted by molar-refractivity contribution is 6.03. The molecule has 0 aliphatic carbocycles. The van der Waals surface area contributed by atoms with Crippen LogP contribution in [0, 0.1) is 6.92 Å². The number of hydrogen-bond acceptors (Lipinski definition) is 1. The first kappa shape index (κ1) is 15.1. The standard InChI is InChI=1S/C18H27NO/c1-3-4-5-6-7-8-9-12-16-15-13-10-11-14(2)17(15)19-18(16)20/h10-11,13,16H,3-9,12H2,1-2H3,(H,19,20). The number of para-hydroxylation sites is 1. The SMILES string of the molecule is CCCCCCCCCC1C(=O)Nc2c(C)cccc21. The Morgan fingerprint density at radius 1 is 1.05 bits per heavy atom. The molecule has 1 atom stereocenters. The van der Waals surface area contributed by atoms with Crippen LogP contribution in [0.25, 0.3) is 0 Å². The molecule has 0 spiro atoms. The lowest BCUT2D eigenvalue weighted by Crippen LogP contribution is -2.12. The lowest BCUT2D eigenvalue weighted by atomic mass is 9.93. The lowest BCUT2D eigenvalue weighted by Gasteiger charge is -2.09. The van der Waals surface area contributed by atoms with E-state index in [9.17, 15) is 4.79 Å². The summed E-state index contributed by atoms with van der Waals surface area (Å²) in [6.07, 6.45) is 10.1. The molecule has 1 N–H and O–H groups in total. The van der Waals surface area contributed by atoms with Crippen molar-refractivity contribution in [3.8, 4) is 0 Å². The number of unbranched alkanes of at least 4 members (excludes halogenated alkanes) is 6. The van der Waals surface area contributed by atoms with E-state index in [-0.39, 0.29) is 11.8 Å². The van der Waals surface area contributed by atoms with E-state index < -0.39 is 0 Å². The molecule has 2 rings (SSSR count). The van der Waals surface area contributed by atoms with E-state index in [0.717, 1.165) is 18.5 Å². The first-order valence-corrected chi connectivity index (χ1v) is 8.14. The normalized spacial score (nSPS) is 17.1. The van der Waals surface area contributed by atoms with Crippen molar-refractivity contribution in [2.75, 3.05) is 5.32 Å². The number of benzene rings is 1. The van der Waals surface area contributed by atoms with Gasteiger partial charge in [0.25, 0.3) is 0 Å². The number of carbonyl (C=O) groups is 1. The van der Waals surface area contributed by atoms with E-state index in [1.54, 1.807) is 0 Å². The summed E-state index contributed by atoms with van der Waals surface area (Å²) < 4.78 is 0. The Morgan fingerprint density at radius 3 is 2.50 bits per heavy atom. The Hall–Kier alpha value is -1.31. The highest BCUT2D eigenvalue weighted by Crippen LogP contribution is 2.37. The van der Waals surface area contributed by atoms with Gasteiger partial charge in [0.15, 0.2) is 0 Å². The first-order valence-electron chi connectivity index (χ1n) is 8.14. The van der Waals surface area contributed by atoms with Crippen molar-refractivity contribution in [1.29, 1.82) is 0 Å². The third-order valence-corrected chi connectivity index (χ3v) is 4.34. The van der Waals surface area contributed by atoms with Crippen molar-refractivity contribution in [2.45, 2.75) is 71.1 Å². The van der Waals surface area contributed by atoms with Gasteiger partial charge in [0, 0.05) is 5.69 Å². The van der Waals surface area contributed by atoms with Crippen molar-refractivity contribution >= 4 is 11.6 Å². The molecule has 20 heavy (non-hydrogen) atoms. The zero-order chi connectivity index (χ0) is 14.4. The number of aryl methyl sites for hydroxylation is 1. The maximum Gasteiger partial charge on any atom is 0.232 e. The Balaban J connectivity index is 1.77. The molecule has 110 valence electrons. The second-order valence-electron chi connectivity index (χ2n) is 5.99. The van der Waals surface area contributed by atoms with Crippen LogP contribution in [0.1, 0.15) is 75.3 Å². The molecule has 1 amide bonds. The summed E-state index contributed by atoms with van der Waals surface area (Å²) in [6.45, 7) is 4.31. The van der Waals surface area contributed by atoms with Crippen molar-refractivity contribution in [3.05, 3.63) is 29.3 Å². The third kappa shape index (κ3) is 3.62. The molecule has 0 fully saturated rings. The van der Waals surface area contributed by atoms with Gasteiger partial charge >= 0.3 is 0 Å². The minimum atomic E-state index is 0.0838. The topological polar surface area (TPSA) is 29.1 Å². The van der Waals surface area contributed by atoms with Crippen LogP contribution in [0.15, 0.2) is 18.2 Å². The number of anilines is 1. The van der Waals surface area contributed by atoms with E-state index in [1.807, 2.05) is 0 Å². The van der Waals surface area contributed by atoms with E-state index in [0.29, 0.717) is 0 Å². The highest BCUT2D eigenvalue weighted by atomic mass is 16.2. The smallest absolute Gasteiger partial charge is 0.232 e. The van der Waals surface area contributed by atoms with E-state index in [4.69, 9.17) is 0 Å². The quantitative estimate of drug-likeness (QED) is 0.650. The van der Waals surface area contributed by atoms with Crippen molar-refractivity contribution in [2.24, 2.45) is 0 Å². The monoisotopic (exact) mass is 273 g/mol. The van der Waals surface area contributed by atoms with Gasteiger partial charge in [0.05, 0.1) is 5.92 Å². The zero-order valence-electron chi connectivity index (χ0n) is 12.9. The maximum atomic E-state index is 12.1. The van der Waals surface area contributed by atoms with Crippen molar-refractivity contribution in [1.82, 2.24) is 0 Å². The van der Waals surface area contributed by atoms with Crippen LogP contribution < -0.4 is 5.32 Å². The van der Waals surface area contributed by atoms with E-state index in [1.165, 1.54) is 49.7 Å². The molecule has 2 heteroatoms. The summed E-state index contributed by atoms with van der Waals surface area (Å²) in [5.41, 5.74) is 3.45. The fraction of sp³-hybridized carbons (Fsp3) is 0.611. The molecular formula is C18H27NO. The molecule has 1 aromatic rings. The molecule has 1 heterocycles. The van der Waals surface area contributed by atoms with Gasteiger partial charge in [-0.15, -0.1) is 0 Å². The van der Waals surface area contributed by atoms with Gasteiger partial charge in [-0.05, 0) is 24.5 Å². The fourth-order valence-corrected chi connectivity index (χ4v) is 3.10. The van der Waals surface area contributed by atoms with Crippen molar-refractivity contribution in [3.63, 3.8) is 0 Å². The molecule has 0 radical (unpaired) electrons. The average Bonchev–Trinajstić information content (AvgIpc) is 2.76. The van der Waals surface area contributed by atoms with Gasteiger partial charge in [0.2, 0.25) is 5.91 Å². The number of carbonyl (C=O) groups excluding carboxylic acids is 1. The minimum absolute atomic E-state index is 0.0838. The second-order valence-corrected chi connectivity index (χ2v) is 5.99. The van der Waals surface area contributed by atoms with Gasteiger partial charge in [-0.2, -0.15) is 0 Å². The van der Waals surface area contributed by atoms with Crippen LogP contribution in [0.3, 0.4) is 0 Å². The first-order chi connectivity index (χ1) is 9.74. The Labute approximate surface area is 123 Å². The maximum absolute atomic E-state index is 12.1. The minimum Gasteiger partial charge on any atom is -0.325 e. The predicted octanol–water partition coefficient (Wildman–Crippen LogP) is 5.17. The summed E-state index contributed by atoms with van der Waals surface area (Å²) in [5, 5.41) is 3.05. The average molecular weight is 273 g/mol. The summed E-state index contributed by atoms with van der Waals surface area (Å²) in [5.74, 6) is 0.279. The molecule has 1 aliphatic heterocycles. The van der Waals surface area contributed by atoms with Crippen LogP contribution in [-0.4, -0.2) is 5.91 Å². The molecule has 0 bridgehead atoms. The second kappa shape index (κ2) is 7.47. The molecule has 0 aromatic heterocycles. The van der Waals surface area contributed by atoms with Crippen molar-refractivity contribution < 1.29 is 4.79 Å². The van der Waals surface area contributed by atoms with Crippen LogP contribution >= 0.6 is 0 Å². The van der Waals surface area contributed by atoms with Crippen LogP contribution in [0.5, 0.6) is 0 Å². The molecule has 2 nitrogen and oxygen atoms in total. The summed E-state index contributed by atoms with van der Waals surface area (Å²) in [4.78, 5) is 12.1. The number of hydrogen-bond donors (Lipinski definition) is 1. The molecule has 1 aromatic carbocycles. The van der Waals surface area contributed by atoms with E-state index >= 15 is 0 Å². The van der Waals surface area contributed by atoms with E-state index in [2.05, 4.69) is 37.4 Å². The number of rotatable bonds is 8. The van der Waals surface area contributed by atoms with Gasteiger partial charge < -0.3 is 5.32 Å². The molecule has 1 aliphatic rings. The number of nitrogens with one attached hydrogen (secondary N) is 1. The fourth-order valence-electron chi connectivity index (χ4n) is 3.10. The molecular weight excluding hydrogens is 246 g/mol. The summed E-state index contributed by atoms with van der Waals surface area (Å²) >= 11 is 0. The van der Waals surface area contributed by atoms with Crippen LogP contribution in [0.2, 0.25) is 0 Å². The lowest BCUT2D eigenvalue weighted by molar-refractivity contribution is -0.117. The predicted molar refractivity (Wildman–Crippen MR) is 85.2 cm³/mol. The number of amides is 1. The Morgan fingerprint density at radius 2 is 1.75 bits per heavy atom. The van der Waals surface area contributed by atoms with Crippen LogP contribution in [0.4, 0.5) is 5.69 Å². The Bertz CT molecular complexity index is 453. The number of fused-ring (bicyclic) bond motifs is 1.